The van der Waals surface area contributed by atoms with E-state index in [0.29, 0.717) is 0 Å². The van der Waals surface area contributed by atoms with E-state index in [2.05, 4.69) is 42.8 Å². The summed E-state index contributed by atoms with van der Waals surface area (Å²) in [6, 6.07) is 0. The number of hydrogen-bond acceptors (Lipinski definition) is 2. The molecule has 0 unspecified atom stereocenters. The van der Waals surface area contributed by atoms with Crippen molar-refractivity contribution in [1.29, 1.82) is 0 Å². The van der Waals surface area contributed by atoms with Crippen LogP contribution in [0.2, 0.25) is 0 Å². The molecule has 0 atom stereocenters. The summed E-state index contributed by atoms with van der Waals surface area (Å²) in [5, 5.41) is 3.36. The summed E-state index contributed by atoms with van der Waals surface area (Å²) in [6.07, 6.45) is 13.2. The molecular weight excluding hydrogens is 202 g/mol. The summed E-state index contributed by atoms with van der Waals surface area (Å²) < 4.78 is 0. The Hall–Kier alpha value is -1.41. The Morgan fingerprint density at radius 1 is 1.33 bits per heavy atom. The van der Waals surface area contributed by atoms with Crippen LogP contribution in [-0.4, -0.2) is 0 Å². The lowest BCUT2D eigenvalue weighted by molar-refractivity contribution is 1.03. The van der Waals surface area contributed by atoms with Crippen LogP contribution in [0.25, 0.3) is 0 Å². The predicted molar refractivity (Wildman–Crippen MR) is 68.1 cm³/mol. The molecule has 2 heteroatoms. The molecule has 2 rings (SSSR count). The molecule has 15 heavy (non-hydrogen) atoms. The number of rotatable bonds is 2. The Bertz CT molecular complexity index is 422. The smallest absolute Gasteiger partial charge is 0.0523 e. The van der Waals surface area contributed by atoms with Crippen molar-refractivity contribution >= 4 is 11.8 Å². The Morgan fingerprint density at radius 3 is 2.93 bits per heavy atom. The molecule has 0 aromatic rings. The predicted octanol–water partition coefficient (Wildman–Crippen LogP) is 3.63. The molecule has 2 aliphatic rings. The second kappa shape index (κ2) is 4.41. The first-order valence-electron chi connectivity index (χ1n) is 4.86. The number of nitrogens with one attached hydrogen (secondary N) is 1. The normalized spacial score (nSPS) is 19.5. The quantitative estimate of drug-likeness (QED) is 0.755. The van der Waals surface area contributed by atoms with E-state index < -0.39 is 0 Å². The Balaban J connectivity index is 2.41. The number of hydrogen-bond donors (Lipinski definition) is 1. The number of fused-ring (bicyclic) bond motifs is 1. The maximum absolute atomic E-state index is 3.81. The van der Waals surface area contributed by atoms with Crippen molar-refractivity contribution < 1.29 is 0 Å². The standard InChI is InChI=1S/C13H13NS/c1-3-10-12(4-2)15-13-9-7-5-6-8-11(13)14-10/h3-6,8-9,14H,1-2,7H2. The minimum Gasteiger partial charge on any atom is -0.354 e. The van der Waals surface area contributed by atoms with E-state index in [9.17, 15) is 0 Å². The van der Waals surface area contributed by atoms with Gasteiger partial charge in [0.25, 0.3) is 0 Å². The van der Waals surface area contributed by atoms with E-state index in [1.807, 2.05) is 12.2 Å². The van der Waals surface area contributed by atoms with E-state index >= 15 is 0 Å². The zero-order valence-electron chi connectivity index (χ0n) is 8.49. The first-order valence-corrected chi connectivity index (χ1v) is 5.68. The summed E-state index contributed by atoms with van der Waals surface area (Å²) in [5.41, 5.74) is 2.18. The number of thioether (sulfide) groups is 1. The highest BCUT2D eigenvalue weighted by molar-refractivity contribution is 8.07. The van der Waals surface area contributed by atoms with Gasteiger partial charge < -0.3 is 5.32 Å². The molecule has 1 heterocycles. The van der Waals surface area contributed by atoms with Crippen LogP contribution in [-0.2, 0) is 0 Å². The molecular formula is C13H13NS. The minimum atomic E-state index is 0.984. The maximum Gasteiger partial charge on any atom is 0.0523 e. The van der Waals surface area contributed by atoms with Crippen LogP contribution < -0.4 is 5.32 Å². The molecule has 0 aromatic heterocycles. The van der Waals surface area contributed by atoms with Gasteiger partial charge in [0, 0.05) is 9.81 Å². The second-order valence-corrected chi connectivity index (χ2v) is 4.31. The highest BCUT2D eigenvalue weighted by Gasteiger charge is 2.17. The van der Waals surface area contributed by atoms with E-state index in [-0.39, 0.29) is 0 Å². The molecule has 0 bridgehead atoms. The molecule has 1 aliphatic heterocycles. The molecule has 1 N–H and O–H groups in total. The van der Waals surface area contributed by atoms with Crippen LogP contribution in [0.1, 0.15) is 6.42 Å². The Labute approximate surface area is 94.6 Å². The van der Waals surface area contributed by atoms with Gasteiger partial charge in [0.05, 0.1) is 11.4 Å². The van der Waals surface area contributed by atoms with Crippen LogP contribution in [0.5, 0.6) is 0 Å². The van der Waals surface area contributed by atoms with Crippen molar-refractivity contribution in [1.82, 2.24) is 5.32 Å². The van der Waals surface area contributed by atoms with E-state index in [1.165, 1.54) is 4.91 Å². The zero-order valence-corrected chi connectivity index (χ0v) is 9.31. The van der Waals surface area contributed by atoms with Gasteiger partial charge in [-0.3, -0.25) is 0 Å². The van der Waals surface area contributed by atoms with Gasteiger partial charge in [-0.25, -0.2) is 0 Å². The van der Waals surface area contributed by atoms with Crippen molar-refractivity contribution in [2.75, 3.05) is 0 Å². The Kier molecular flexibility index (Phi) is 2.97. The SMILES string of the molecule is C=CC1=C(C=C)SC2=CCC=CC=C2N1. The molecule has 1 nitrogen and oxygen atoms in total. The minimum absolute atomic E-state index is 0.984. The summed E-state index contributed by atoms with van der Waals surface area (Å²) >= 11 is 1.74. The lowest BCUT2D eigenvalue weighted by atomic mass is 10.3. The van der Waals surface area contributed by atoms with Gasteiger partial charge in [0.15, 0.2) is 0 Å². The van der Waals surface area contributed by atoms with Crippen molar-refractivity contribution in [3.8, 4) is 0 Å². The number of allylic oxidation sites excluding steroid dienone is 6. The Morgan fingerprint density at radius 2 is 2.20 bits per heavy atom. The lowest BCUT2D eigenvalue weighted by Gasteiger charge is -2.22. The summed E-state index contributed by atoms with van der Waals surface area (Å²) in [4.78, 5) is 2.40. The molecule has 0 saturated heterocycles. The topological polar surface area (TPSA) is 12.0 Å². The fourth-order valence-corrected chi connectivity index (χ4v) is 2.47. The van der Waals surface area contributed by atoms with Crippen LogP contribution in [0.3, 0.4) is 0 Å². The summed E-state index contributed by atoms with van der Waals surface area (Å²) in [7, 11) is 0. The fraction of sp³-hybridized carbons (Fsp3) is 0.0769. The van der Waals surface area contributed by atoms with Crippen LogP contribution in [0.15, 0.2) is 70.8 Å². The fourth-order valence-electron chi connectivity index (χ4n) is 1.49. The third-order valence-electron chi connectivity index (χ3n) is 2.25. The third kappa shape index (κ3) is 2.00. The first kappa shape index (κ1) is 10.1. The average Bonchev–Trinajstić information content (AvgIpc) is 2.51. The van der Waals surface area contributed by atoms with Gasteiger partial charge in [-0.1, -0.05) is 49.2 Å². The van der Waals surface area contributed by atoms with Crippen molar-refractivity contribution in [3.63, 3.8) is 0 Å². The van der Waals surface area contributed by atoms with Gasteiger partial charge >= 0.3 is 0 Å². The first-order chi connectivity index (χ1) is 7.35. The van der Waals surface area contributed by atoms with Gasteiger partial charge in [0.2, 0.25) is 0 Å². The van der Waals surface area contributed by atoms with Crippen LogP contribution in [0, 0.1) is 0 Å². The largest absolute Gasteiger partial charge is 0.354 e. The molecule has 0 saturated carbocycles. The van der Waals surface area contributed by atoms with Crippen LogP contribution >= 0.6 is 11.8 Å². The monoisotopic (exact) mass is 215 g/mol. The van der Waals surface area contributed by atoms with E-state index in [1.54, 1.807) is 11.8 Å². The van der Waals surface area contributed by atoms with Gasteiger partial charge in [-0.05, 0) is 18.6 Å². The highest BCUT2D eigenvalue weighted by atomic mass is 32.2. The summed E-state index contributed by atoms with van der Waals surface area (Å²) in [5.74, 6) is 0. The molecule has 0 radical (unpaired) electrons. The average molecular weight is 215 g/mol. The second-order valence-electron chi connectivity index (χ2n) is 3.23. The summed E-state index contributed by atoms with van der Waals surface area (Å²) in [6.45, 7) is 7.61. The molecule has 0 spiro atoms. The molecule has 0 fully saturated rings. The van der Waals surface area contributed by atoms with Crippen molar-refractivity contribution in [3.05, 3.63) is 70.8 Å². The molecule has 1 aliphatic carbocycles. The lowest BCUT2D eigenvalue weighted by Crippen LogP contribution is -2.17. The van der Waals surface area contributed by atoms with Crippen LogP contribution in [0.4, 0.5) is 0 Å². The van der Waals surface area contributed by atoms with Crippen molar-refractivity contribution in [2.24, 2.45) is 0 Å². The maximum atomic E-state index is 3.81. The van der Waals surface area contributed by atoms with Gasteiger partial charge in [-0.15, -0.1) is 0 Å². The van der Waals surface area contributed by atoms with Gasteiger partial charge in [-0.2, -0.15) is 0 Å². The van der Waals surface area contributed by atoms with Gasteiger partial charge in [0.1, 0.15) is 0 Å². The zero-order chi connectivity index (χ0) is 10.7. The molecule has 76 valence electrons. The van der Waals surface area contributed by atoms with E-state index in [0.717, 1.165) is 22.7 Å². The van der Waals surface area contributed by atoms with Crippen molar-refractivity contribution in [2.45, 2.75) is 6.42 Å². The third-order valence-corrected chi connectivity index (χ3v) is 3.46. The highest BCUT2D eigenvalue weighted by Crippen LogP contribution is 2.38. The molecule has 0 aromatic carbocycles. The molecule has 0 amide bonds. The van der Waals surface area contributed by atoms with E-state index in [4.69, 9.17) is 0 Å².